The van der Waals surface area contributed by atoms with Gasteiger partial charge in [-0.05, 0) is 53.2 Å². The van der Waals surface area contributed by atoms with E-state index in [4.69, 9.17) is 0 Å². The van der Waals surface area contributed by atoms with Gasteiger partial charge in [0.25, 0.3) is 6.08 Å². The van der Waals surface area contributed by atoms with Gasteiger partial charge in [0.05, 0.1) is 0 Å². The summed E-state index contributed by atoms with van der Waals surface area (Å²) in [4.78, 5) is 0. The fraction of sp³-hybridized carbons (Fsp3) is 0.182. The van der Waals surface area contributed by atoms with Crippen LogP contribution < -0.4 is 0 Å². The van der Waals surface area contributed by atoms with E-state index in [9.17, 15) is 8.78 Å². The number of allylic oxidation sites excluding steroid dienone is 1. The molecule has 0 aliphatic heterocycles. The summed E-state index contributed by atoms with van der Waals surface area (Å²) in [6.45, 7) is 0. The molecule has 0 heterocycles. The van der Waals surface area contributed by atoms with Crippen molar-refractivity contribution in [3.05, 3.63) is 95.6 Å². The quantitative estimate of drug-likeness (QED) is 0.482. The molecule has 3 rings (SSSR count). The van der Waals surface area contributed by atoms with Gasteiger partial charge in [-0.1, -0.05) is 72.8 Å². The van der Waals surface area contributed by atoms with Crippen molar-refractivity contribution in [2.24, 2.45) is 0 Å². The molecule has 0 fully saturated rings. The average Bonchev–Trinajstić information content (AvgIpc) is 2.62. The summed E-state index contributed by atoms with van der Waals surface area (Å²) in [5, 5.41) is 2.34. The van der Waals surface area contributed by atoms with Crippen LogP contribution in [0.2, 0.25) is 0 Å². The Balaban J connectivity index is 1.64. The van der Waals surface area contributed by atoms with Crippen LogP contribution in [-0.2, 0) is 12.8 Å². The predicted octanol–water partition coefficient (Wildman–Crippen LogP) is 6.56. The van der Waals surface area contributed by atoms with Gasteiger partial charge in [0.2, 0.25) is 0 Å². The first-order valence-corrected chi connectivity index (χ1v) is 8.27. The van der Waals surface area contributed by atoms with E-state index in [0.717, 1.165) is 16.5 Å². The number of benzene rings is 3. The lowest BCUT2D eigenvalue weighted by Gasteiger charge is -2.08. The Morgan fingerprint density at radius 2 is 1.25 bits per heavy atom. The standard InChI is InChI=1S/C22H20F2/c23-22(24)20(14-10-17-6-2-1-3-7-17)15-12-18-11-13-19-8-4-5-9-21(19)16-18/h1-9,11,13,16H,10,12,14-15H2. The average molecular weight is 322 g/mol. The Hall–Kier alpha value is -2.48. The minimum Gasteiger partial charge on any atom is -0.173 e. The van der Waals surface area contributed by atoms with E-state index in [1.165, 1.54) is 5.39 Å². The van der Waals surface area contributed by atoms with Crippen LogP contribution in [0.25, 0.3) is 10.8 Å². The Kier molecular flexibility index (Phi) is 5.37. The van der Waals surface area contributed by atoms with Crippen LogP contribution in [0.1, 0.15) is 24.0 Å². The lowest BCUT2D eigenvalue weighted by molar-refractivity contribution is 0.403. The zero-order chi connectivity index (χ0) is 16.8. The normalized spacial score (nSPS) is 10.8. The second kappa shape index (κ2) is 7.87. The zero-order valence-corrected chi connectivity index (χ0v) is 13.5. The molecule has 0 saturated heterocycles. The minimum atomic E-state index is -1.52. The molecular formula is C22H20F2. The van der Waals surface area contributed by atoms with Gasteiger partial charge in [-0.25, -0.2) is 0 Å². The maximum Gasteiger partial charge on any atom is 0.269 e. The van der Waals surface area contributed by atoms with Crippen molar-refractivity contribution in [1.82, 2.24) is 0 Å². The smallest absolute Gasteiger partial charge is 0.173 e. The van der Waals surface area contributed by atoms with E-state index in [1.54, 1.807) is 0 Å². The molecule has 0 atom stereocenters. The van der Waals surface area contributed by atoms with E-state index in [1.807, 2.05) is 48.5 Å². The first-order valence-electron chi connectivity index (χ1n) is 8.27. The maximum absolute atomic E-state index is 13.2. The predicted molar refractivity (Wildman–Crippen MR) is 96.3 cm³/mol. The molecule has 2 heteroatoms. The fourth-order valence-electron chi connectivity index (χ4n) is 2.94. The molecule has 3 aromatic rings. The van der Waals surface area contributed by atoms with Gasteiger partial charge in [0.1, 0.15) is 0 Å². The van der Waals surface area contributed by atoms with Crippen molar-refractivity contribution in [1.29, 1.82) is 0 Å². The number of rotatable bonds is 6. The van der Waals surface area contributed by atoms with Crippen LogP contribution in [0.15, 0.2) is 84.5 Å². The summed E-state index contributed by atoms with van der Waals surface area (Å²) in [5.74, 6) is 0. The molecule has 24 heavy (non-hydrogen) atoms. The number of fused-ring (bicyclic) bond motifs is 1. The summed E-state index contributed by atoms with van der Waals surface area (Å²) in [7, 11) is 0. The second-order valence-corrected chi connectivity index (χ2v) is 6.03. The molecule has 0 unspecified atom stereocenters. The number of hydrogen-bond donors (Lipinski definition) is 0. The molecule has 0 aliphatic carbocycles. The minimum absolute atomic E-state index is 0.270. The third-order valence-corrected chi connectivity index (χ3v) is 4.35. The highest BCUT2D eigenvalue weighted by molar-refractivity contribution is 5.82. The van der Waals surface area contributed by atoms with Gasteiger partial charge in [-0.15, -0.1) is 0 Å². The van der Waals surface area contributed by atoms with E-state index < -0.39 is 6.08 Å². The van der Waals surface area contributed by atoms with E-state index in [-0.39, 0.29) is 5.57 Å². The van der Waals surface area contributed by atoms with Crippen molar-refractivity contribution >= 4 is 10.8 Å². The van der Waals surface area contributed by atoms with Crippen molar-refractivity contribution in [3.8, 4) is 0 Å². The highest BCUT2D eigenvalue weighted by Gasteiger charge is 2.08. The Bertz CT molecular complexity index is 831. The van der Waals surface area contributed by atoms with Crippen LogP contribution in [0.3, 0.4) is 0 Å². The topological polar surface area (TPSA) is 0 Å². The maximum atomic E-state index is 13.2. The first kappa shape index (κ1) is 16.4. The van der Waals surface area contributed by atoms with Gasteiger partial charge in [0, 0.05) is 0 Å². The van der Waals surface area contributed by atoms with Crippen LogP contribution in [-0.4, -0.2) is 0 Å². The number of hydrogen-bond acceptors (Lipinski definition) is 0. The van der Waals surface area contributed by atoms with Crippen LogP contribution in [0, 0.1) is 0 Å². The Morgan fingerprint density at radius 1 is 0.625 bits per heavy atom. The third kappa shape index (κ3) is 4.29. The first-order chi connectivity index (χ1) is 11.7. The largest absolute Gasteiger partial charge is 0.269 e. The third-order valence-electron chi connectivity index (χ3n) is 4.35. The highest BCUT2D eigenvalue weighted by Crippen LogP contribution is 2.23. The van der Waals surface area contributed by atoms with Crippen molar-refractivity contribution in [3.63, 3.8) is 0 Å². The molecular weight excluding hydrogens is 302 g/mol. The van der Waals surface area contributed by atoms with Gasteiger partial charge in [-0.3, -0.25) is 0 Å². The highest BCUT2D eigenvalue weighted by atomic mass is 19.3. The van der Waals surface area contributed by atoms with Gasteiger partial charge < -0.3 is 0 Å². The van der Waals surface area contributed by atoms with Crippen molar-refractivity contribution < 1.29 is 8.78 Å². The Labute approximate surface area is 141 Å². The lowest BCUT2D eigenvalue weighted by Crippen LogP contribution is -1.94. The second-order valence-electron chi connectivity index (χ2n) is 6.03. The molecule has 0 amide bonds. The van der Waals surface area contributed by atoms with Crippen LogP contribution in [0.4, 0.5) is 8.78 Å². The number of aryl methyl sites for hydroxylation is 2. The molecule has 0 spiro atoms. The van der Waals surface area contributed by atoms with Crippen molar-refractivity contribution in [2.45, 2.75) is 25.7 Å². The molecule has 0 saturated carbocycles. The van der Waals surface area contributed by atoms with Gasteiger partial charge in [-0.2, -0.15) is 8.78 Å². The van der Waals surface area contributed by atoms with Gasteiger partial charge in [0.15, 0.2) is 0 Å². The molecule has 0 aromatic heterocycles. The van der Waals surface area contributed by atoms with Crippen LogP contribution in [0.5, 0.6) is 0 Å². The Morgan fingerprint density at radius 3 is 1.96 bits per heavy atom. The van der Waals surface area contributed by atoms with Gasteiger partial charge >= 0.3 is 0 Å². The fourth-order valence-corrected chi connectivity index (χ4v) is 2.94. The summed E-state index contributed by atoms with van der Waals surface area (Å²) in [5.41, 5.74) is 2.47. The van der Waals surface area contributed by atoms with E-state index >= 15 is 0 Å². The van der Waals surface area contributed by atoms with E-state index in [0.29, 0.717) is 25.7 Å². The molecule has 0 aliphatic rings. The molecule has 0 radical (unpaired) electrons. The summed E-state index contributed by atoms with van der Waals surface area (Å²) in [6, 6.07) is 24.1. The summed E-state index contributed by atoms with van der Waals surface area (Å²) in [6.07, 6.45) is 0.608. The molecule has 122 valence electrons. The summed E-state index contributed by atoms with van der Waals surface area (Å²) < 4.78 is 26.5. The molecule has 0 bridgehead atoms. The number of halogens is 2. The molecule has 3 aromatic carbocycles. The van der Waals surface area contributed by atoms with E-state index in [2.05, 4.69) is 24.3 Å². The summed E-state index contributed by atoms with van der Waals surface area (Å²) >= 11 is 0. The monoisotopic (exact) mass is 322 g/mol. The zero-order valence-electron chi connectivity index (χ0n) is 13.5. The van der Waals surface area contributed by atoms with Crippen LogP contribution >= 0.6 is 0 Å². The lowest BCUT2D eigenvalue weighted by atomic mass is 9.98. The molecule has 0 N–H and O–H groups in total. The SMILES string of the molecule is FC(F)=C(CCc1ccccc1)CCc1ccc2ccccc2c1. The molecule has 0 nitrogen and oxygen atoms in total. The van der Waals surface area contributed by atoms with Crippen molar-refractivity contribution in [2.75, 3.05) is 0 Å².